The van der Waals surface area contributed by atoms with Crippen LogP contribution in [0.5, 0.6) is 0 Å². The van der Waals surface area contributed by atoms with E-state index in [1.807, 2.05) is 0 Å². The van der Waals surface area contributed by atoms with Crippen molar-refractivity contribution in [2.75, 3.05) is 0 Å². The maximum absolute atomic E-state index is 5.27. The van der Waals surface area contributed by atoms with Crippen molar-refractivity contribution in [3.63, 3.8) is 0 Å². The average Bonchev–Trinajstić information content (AvgIpc) is 3.58. The van der Waals surface area contributed by atoms with Gasteiger partial charge in [0.05, 0.1) is 0 Å². The molecule has 0 fully saturated rings. The fraction of sp³-hybridized carbons (Fsp3) is 0.235. The van der Waals surface area contributed by atoms with Gasteiger partial charge in [0.15, 0.2) is 0 Å². The van der Waals surface area contributed by atoms with Gasteiger partial charge in [0.2, 0.25) is 0 Å². The SMILES string of the molecule is CC1=Nc2cc3ccccc3cc2[N-]C2=C(CCC2)C(C)=Nc2cc3ccccc3cc2[N-]C2=C1CCC2. The Hall–Kier alpha value is -4.18. The van der Waals surface area contributed by atoms with Gasteiger partial charge in [0.25, 0.3) is 0 Å². The number of benzene rings is 4. The number of aliphatic imine (C=N–C) groups is 2. The van der Waals surface area contributed by atoms with E-state index in [1.165, 1.54) is 32.7 Å². The maximum Gasteiger partial charge on any atom is 0.0492 e. The van der Waals surface area contributed by atoms with Gasteiger partial charge in [0.1, 0.15) is 0 Å². The number of rotatable bonds is 0. The van der Waals surface area contributed by atoms with E-state index in [-0.39, 0.29) is 0 Å². The second-order valence-corrected chi connectivity index (χ2v) is 10.6. The van der Waals surface area contributed by atoms with Gasteiger partial charge in [-0.1, -0.05) is 60.7 Å². The Kier molecular flexibility index (Phi) is 5.61. The quantitative estimate of drug-likeness (QED) is 0.233. The minimum Gasteiger partial charge on any atom is -0.659 e. The van der Waals surface area contributed by atoms with Gasteiger partial charge in [-0.25, -0.2) is 0 Å². The summed E-state index contributed by atoms with van der Waals surface area (Å²) in [6.45, 7) is 4.26. The first kappa shape index (κ1) is 23.0. The van der Waals surface area contributed by atoms with Crippen LogP contribution >= 0.6 is 0 Å². The first-order valence-corrected chi connectivity index (χ1v) is 13.7. The summed E-state index contributed by atoms with van der Waals surface area (Å²) in [5.41, 5.74) is 10.6. The van der Waals surface area contributed by atoms with Gasteiger partial charge in [-0.3, -0.25) is 9.98 Å². The van der Waals surface area contributed by atoms with E-state index in [4.69, 9.17) is 20.6 Å². The zero-order valence-corrected chi connectivity index (χ0v) is 22.0. The second kappa shape index (κ2) is 9.29. The highest BCUT2D eigenvalue weighted by Gasteiger charge is 2.16. The van der Waals surface area contributed by atoms with Crippen LogP contribution in [-0.4, -0.2) is 11.4 Å². The van der Waals surface area contributed by atoms with Crippen LogP contribution in [0.15, 0.2) is 105 Å². The van der Waals surface area contributed by atoms with Crippen molar-refractivity contribution < 1.29 is 0 Å². The minimum absolute atomic E-state index is 0.928. The van der Waals surface area contributed by atoms with Gasteiger partial charge in [-0.15, -0.1) is 11.4 Å². The van der Waals surface area contributed by atoms with E-state index >= 15 is 0 Å². The highest BCUT2D eigenvalue weighted by atomic mass is 15.0. The molecule has 38 heavy (non-hydrogen) atoms. The summed E-state index contributed by atoms with van der Waals surface area (Å²) in [6.07, 6.45) is 6.10. The van der Waals surface area contributed by atoms with Gasteiger partial charge >= 0.3 is 0 Å². The Morgan fingerprint density at radius 2 is 0.921 bits per heavy atom. The van der Waals surface area contributed by atoms with Crippen LogP contribution in [0.4, 0.5) is 22.7 Å². The molecule has 3 aliphatic rings. The van der Waals surface area contributed by atoms with Gasteiger partial charge in [-0.05, 0) is 97.2 Å². The van der Waals surface area contributed by atoms with Gasteiger partial charge < -0.3 is 10.6 Å². The van der Waals surface area contributed by atoms with E-state index in [1.54, 1.807) is 0 Å². The Morgan fingerprint density at radius 1 is 0.526 bits per heavy atom. The van der Waals surface area contributed by atoms with Crippen molar-refractivity contribution in [2.24, 2.45) is 9.98 Å². The summed E-state index contributed by atoms with van der Waals surface area (Å²) < 4.78 is 0. The molecule has 0 atom stereocenters. The van der Waals surface area contributed by atoms with Crippen molar-refractivity contribution in [3.05, 3.63) is 106 Å². The Balaban J connectivity index is 1.47. The van der Waals surface area contributed by atoms with Gasteiger partial charge in [-0.2, -0.15) is 11.4 Å². The van der Waals surface area contributed by atoms with Crippen molar-refractivity contribution in [1.29, 1.82) is 0 Å². The molecule has 0 amide bonds. The average molecular weight is 495 g/mol. The molecule has 1 aliphatic heterocycles. The van der Waals surface area contributed by atoms with E-state index < -0.39 is 0 Å². The monoisotopic (exact) mass is 494 g/mol. The maximum atomic E-state index is 5.27. The lowest BCUT2D eigenvalue weighted by atomic mass is 10.1. The van der Waals surface area contributed by atoms with Crippen LogP contribution in [-0.2, 0) is 0 Å². The fourth-order valence-electron chi connectivity index (χ4n) is 6.06. The third kappa shape index (κ3) is 4.10. The van der Waals surface area contributed by atoms with E-state index in [2.05, 4.69) is 86.6 Å². The molecule has 0 saturated heterocycles. The highest BCUT2D eigenvalue weighted by molar-refractivity contribution is 6.07. The van der Waals surface area contributed by atoms with Crippen molar-refractivity contribution in [2.45, 2.75) is 52.4 Å². The molecule has 4 aromatic rings. The van der Waals surface area contributed by atoms with Crippen LogP contribution in [0.25, 0.3) is 32.2 Å². The van der Waals surface area contributed by atoms with Crippen LogP contribution in [0.1, 0.15) is 52.4 Å². The van der Waals surface area contributed by atoms with Crippen molar-refractivity contribution in [1.82, 2.24) is 0 Å². The number of allylic oxidation sites excluding steroid dienone is 4. The third-order valence-corrected chi connectivity index (χ3v) is 8.02. The first-order valence-electron chi connectivity index (χ1n) is 13.7. The molecule has 4 heteroatoms. The molecule has 0 radical (unpaired) electrons. The summed E-state index contributed by atoms with van der Waals surface area (Å²) in [6, 6.07) is 25.7. The second-order valence-electron chi connectivity index (χ2n) is 10.6. The zero-order valence-electron chi connectivity index (χ0n) is 22.0. The fourth-order valence-corrected chi connectivity index (χ4v) is 6.06. The molecule has 0 bridgehead atoms. The molecule has 188 valence electrons. The molecule has 0 spiro atoms. The lowest BCUT2D eigenvalue weighted by Crippen LogP contribution is -1.99. The van der Waals surface area contributed by atoms with Crippen molar-refractivity contribution >= 4 is 55.7 Å². The third-order valence-electron chi connectivity index (χ3n) is 8.02. The zero-order chi connectivity index (χ0) is 25.6. The molecule has 4 aromatic carbocycles. The van der Waals surface area contributed by atoms with E-state index in [9.17, 15) is 0 Å². The highest BCUT2D eigenvalue weighted by Crippen LogP contribution is 2.46. The lowest BCUT2D eigenvalue weighted by Gasteiger charge is -2.30. The molecule has 7 rings (SSSR count). The number of hydrogen-bond acceptors (Lipinski definition) is 2. The number of hydrogen-bond donors (Lipinski definition) is 0. The first-order chi connectivity index (χ1) is 18.6. The Morgan fingerprint density at radius 3 is 1.34 bits per heavy atom. The molecule has 2 aliphatic carbocycles. The normalized spacial score (nSPS) is 17.6. The molecule has 1 heterocycles. The number of fused-ring (bicyclic) bond motifs is 4. The van der Waals surface area contributed by atoms with Crippen molar-refractivity contribution in [3.8, 4) is 0 Å². The topological polar surface area (TPSA) is 52.9 Å². The lowest BCUT2D eigenvalue weighted by molar-refractivity contribution is 0.906. The standard InChI is InChI=1S/C34H30N4/c1-21-27-13-7-15-29(27)37-34-20-26-12-6-4-10-24(26)18-32(34)36-22(2)28-14-8-16-30(28)38-33-19-25-11-5-3-9-23(25)17-31(33)35-21/h3-6,9-12,17-20H,7-8,13-16H2,1-2H3/q-2. The largest absolute Gasteiger partial charge is 0.659 e. The molecule has 4 nitrogen and oxygen atoms in total. The van der Waals surface area contributed by atoms with E-state index in [0.717, 1.165) is 84.1 Å². The molecule has 0 unspecified atom stereocenters. The predicted octanol–water partition coefficient (Wildman–Crippen LogP) is 10.8. The molecule has 0 N–H and O–H groups in total. The molecular weight excluding hydrogens is 464 g/mol. The smallest absolute Gasteiger partial charge is 0.0492 e. The Bertz CT molecular complexity index is 1610. The predicted molar refractivity (Wildman–Crippen MR) is 161 cm³/mol. The number of nitrogens with zero attached hydrogens (tertiary/aromatic N) is 4. The van der Waals surface area contributed by atoms with E-state index in [0.29, 0.717) is 0 Å². The summed E-state index contributed by atoms with van der Waals surface area (Å²) in [5.74, 6) is 0. The van der Waals surface area contributed by atoms with Crippen LogP contribution in [0, 0.1) is 0 Å². The summed E-state index contributed by atoms with van der Waals surface area (Å²) in [5, 5.41) is 15.3. The van der Waals surface area contributed by atoms with Crippen LogP contribution in [0.2, 0.25) is 0 Å². The van der Waals surface area contributed by atoms with Gasteiger partial charge in [0, 0.05) is 22.8 Å². The summed E-state index contributed by atoms with van der Waals surface area (Å²) >= 11 is 0. The van der Waals surface area contributed by atoms with Crippen LogP contribution < -0.4 is 0 Å². The molecular formula is C34H30N4-2. The molecule has 0 saturated carbocycles. The minimum atomic E-state index is 0.928. The molecule has 0 aromatic heterocycles. The summed E-state index contributed by atoms with van der Waals surface area (Å²) in [7, 11) is 0. The summed E-state index contributed by atoms with van der Waals surface area (Å²) in [4.78, 5) is 10.4. The van der Waals surface area contributed by atoms with Crippen LogP contribution in [0.3, 0.4) is 0 Å². The Labute approximate surface area is 223 Å².